The Morgan fingerprint density at radius 3 is 2.73 bits per heavy atom. The van der Waals surface area contributed by atoms with Gasteiger partial charge in [-0.3, -0.25) is 4.79 Å². The van der Waals surface area contributed by atoms with Crippen LogP contribution in [0.15, 0.2) is 0 Å². The van der Waals surface area contributed by atoms with E-state index in [2.05, 4.69) is 29.8 Å². The van der Waals surface area contributed by atoms with Gasteiger partial charge in [0.15, 0.2) is 0 Å². The van der Waals surface area contributed by atoms with Crippen LogP contribution in [0.1, 0.15) is 26.7 Å². The molecular weight excluding hydrogens is 274 g/mol. The van der Waals surface area contributed by atoms with E-state index in [1.54, 1.807) is 0 Å². The number of likely N-dealkylation sites (tertiary alicyclic amines) is 1. The molecule has 2 heterocycles. The normalized spacial score (nSPS) is 34.7. The zero-order valence-electron chi connectivity index (χ0n) is 9.33. The summed E-state index contributed by atoms with van der Waals surface area (Å²) >= 11 is 5.51. The van der Waals surface area contributed by atoms with Crippen molar-refractivity contribution in [3.05, 3.63) is 0 Å². The Morgan fingerprint density at radius 1 is 1.53 bits per heavy atom. The smallest absolute Gasteiger partial charge is 0.235 e. The number of nitrogens with zero attached hydrogens (tertiary/aromatic N) is 1. The minimum Gasteiger partial charge on any atom is -0.340 e. The van der Waals surface area contributed by atoms with Crippen LogP contribution < -0.4 is 0 Å². The summed E-state index contributed by atoms with van der Waals surface area (Å²) in [4.78, 5) is 14.7. The van der Waals surface area contributed by atoms with Gasteiger partial charge in [0.2, 0.25) is 5.91 Å². The van der Waals surface area contributed by atoms with E-state index < -0.39 is 0 Å². The zero-order valence-corrected chi connectivity index (χ0v) is 11.7. The van der Waals surface area contributed by atoms with Crippen LogP contribution in [0.5, 0.6) is 0 Å². The van der Waals surface area contributed by atoms with Crippen LogP contribution in [0.4, 0.5) is 0 Å². The van der Waals surface area contributed by atoms with Gasteiger partial charge in [0.25, 0.3) is 0 Å². The van der Waals surface area contributed by atoms with E-state index in [4.69, 9.17) is 0 Å². The predicted molar refractivity (Wildman–Crippen MR) is 68.6 cm³/mol. The van der Waals surface area contributed by atoms with Crippen LogP contribution in [-0.2, 0) is 4.79 Å². The second-order valence-corrected chi connectivity index (χ2v) is 7.59. The van der Waals surface area contributed by atoms with Crippen LogP contribution in [0.25, 0.3) is 0 Å². The minimum atomic E-state index is 0.221. The second-order valence-electron chi connectivity index (χ2n) is 5.18. The van der Waals surface area contributed by atoms with Crippen molar-refractivity contribution >= 4 is 33.6 Å². The molecule has 2 nitrogen and oxygen atoms in total. The molecule has 0 aromatic rings. The van der Waals surface area contributed by atoms with Crippen molar-refractivity contribution in [3.8, 4) is 0 Å². The molecule has 2 rings (SSSR count). The number of halogens is 1. The number of alkyl halides is 1. The minimum absolute atomic E-state index is 0.221. The molecular formula is C11H18BrNOS. The molecule has 0 saturated carbocycles. The molecule has 2 aliphatic heterocycles. The quantitative estimate of drug-likeness (QED) is 0.692. The number of hydrogen-bond acceptors (Lipinski definition) is 2. The number of rotatable bonds is 1. The molecule has 15 heavy (non-hydrogen) atoms. The van der Waals surface area contributed by atoms with Gasteiger partial charge in [-0.15, -0.1) is 11.8 Å². The number of carbonyl (C=O) groups excluding carboxylic acids is 1. The fraction of sp³-hybridized carbons (Fsp3) is 0.909. The molecule has 0 aromatic carbocycles. The molecule has 2 saturated heterocycles. The summed E-state index contributed by atoms with van der Waals surface area (Å²) in [6.45, 7) is 6.23. The lowest BCUT2D eigenvalue weighted by Gasteiger charge is -2.22. The average molecular weight is 292 g/mol. The lowest BCUT2D eigenvalue weighted by atomic mass is 9.93. The topological polar surface area (TPSA) is 20.3 Å². The highest BCUT2D eigenvalue weighted by atomic mass is 79.9. The molecule has 2 aliphatic rings. The summed E-state index contributed by atoms with van der Waals surface area (Å²) in [5.74, 6) is 1.53. The van der Waals surface area contributed by atoms with Gasteiger partial charge >= 0.3 is 0 Å². The maximum absolute atomic E-state index is 12.2. The van der Waals surface area contributed by atoms with Gasteiger partial charge in [-0.05, 0) is 24.0 Å². The fourth-order valence-electron chi connectivity index (χ4n) is 2.24. The molecule has 2 atom stereocenters. The first-order valence-electron chi connectivity index (χ1n) is 5.55. The largest absolute Gasteiger partial charge is 0.340 e. The van der Waals surface area contributed by atoms with Crippen molar-refractivity contribution < 1.29 is 4.79 Å². The highest BCUT2D eigenvalue weighted by Gasteiger charge is 2.41. The molecule has 0 spiro atoms. The summed E-state index contributed by atoms with van der Waals surface area (Å²) in [7, 11) is 0. The third kappa shape index (κ3) is 2.36. The zero-order chi connectivity index (χ0) is 11.1. The lowest BCUT2D eigenvalue weighted by Crippen LogP contribution is -2.36. The molecule has 1 amide bonds. The molecule has 4 heteroatoms. The van der Waals surface area contributed by atoms with Crippen molar-refractivity contribution in [2.45, 2.75) is 36.8 Å². The Labute approximate surface area is 104 Å². The second kappa shape index (κ2) is 4.28. The first-order valence-corrected chi connectivity index (χ1v) is 7.51. The van der Waals surface area contributed by atoms with Gasteiger partial charge in [-0.25, -0.2) is 0 Å². The van der Waals surface area contributed by atoms with E-state index in [-0.39, 0.29) is 10.7 Å². The molecule has 2 fully saturated rings. The average Bonchev–Trinajstić information content (AvgIpc) is 2.74. The van der Waals surface area contributed by atoms with E-state index in [0.717, 1.165) is 25.3 Å². The molecule has 0 N–H and O–H groups in total. The Balaban J connectivity index is 1.98. The first-order chi connectivity index (χ1) is 7.00. The summed E-state index contributed by atoms with van der Waals surface area (Å²) < 4.78 is 0. The monoisotopic (exact) mass is 291 g/mol. The van der Waals surface area contributed by atoms with Gasteiger partial charge in [0, 0.05) is 17.9 Å². The Bertz CT molecular complexity index is 263. The molecule has 0 aliphatic carbocycles. The van der Waals surface area contributed by atoms with E-state index in [0.29, 0.717) is 10.7 Å². The highest BCUT2D eigenvalue weighted by molar-refractivity contribution is 9.09. The summed E-state index contributed by atoms with van der Waals surface area (Å²) in [5.41, 5.74) is 0.221. The number of carbonyl (C=O) groups is 1. The van der Waals surface area contributed by atoms with Crippen LogP contribution in [0.2, 0.25) is 0 Å². The predicted octanol–water partition coefficient (Wildman–Crippen LogP) is 2.51. The molecule has 0 aromatic heterocycles. The maximum Gasteiger partial charge on any atom is 0.235 e. The summed E-state index contributed by atoms with van der Waals surface area (Å²) in [6.07, 6.45) is 2.28. The van der Waals surface area contributed by atoms with Gasteiger partial charge in [-0.2, -0.15) is 0 Å². The molecule has 2 unspecified atom stereocenters. The first kappa shape index (κ1) is 11.8. The molecule has 0 bridgehead atoms. The Hall–Kier alpha value is 0.300. The fourth-order valence-corrected chi connectivity index (χ4v) is 3.98. The van der Waals surface area contributed by atoms with E-state index in [1.165, 1.54) is 6.42 Å². The summed E-state index contributed by atoms with van der Waals surface area (Å²) in [6, 6.07) is 0. The van der Waals surface area contributed by atoms with Crippen molar-refractivity contribution in [2.24, 2.45) is 5.41 Å². The van der Waals surface area contributed by atoms with Gasteiger partial charge in [0.05, 0.1) is 5.25 Å². The van der Waals surface area contributed by atoms with Crippen molar-refractivity contribution in [1.29, 1.82) is 0 Å². The van der Waals surface area contributed by atoms with Gasteiger partial charge in [0.1, 0.15) is 0 Å². The van der Waals surface area contributed by atoms with Crippen molar-refractivity contribution in [3.63, 3.8) is 0 Å². The van der Waals surface area contributed by atoms with Crippen LogP contribution in [-0.4, -0.2) is 39.7 Å². The third-order valence-electron chi connectivity index (χ3n) is 3.34. The SMILES string of the molecule is CC1(C)CN(C(=O)C2CCCS2)CC1Br. The van der Waals surface area contributed by atoms with E-state index in [1.807, 2.05) is 16.7 Å². The third-order valence-corrected chi connectivity index (χ3v) is 6.24. The van der Waals surface area contributed by atoms with Crippen molar-refractivity contribution in [2.75, 3.05) is 18.8 Å². The van der Waals surface area contributed by atoms with Crippen LogP contribution >= 0.6 is 27.7 Å². The van der Waals surface area contributed by atoms with Gasteiger partial charge < -0.3 is 4.90 Å². The van der Waals surface area contributed by atoms with E-state index >= 15 is 0 Å². The molecule has 86 valence electrons. The standard InChI is InChI=1S/C11H18BrNOS/c1-11(2)7-13(6-9(11)12)10(14)8-4-3-5-15-8/h8-9H,3-7H2,1-2H3. The van der Waals surface area contributed by atoms with Gasteiger partial charge in [-0.1, -0.05) is 29.8 Å². The lowest BCUT2D eigenvalue weighted by molar-refractivity contribution is -0.129. The summed E-state index contributed by atoms with van der Waals surface area (Å²) in [5, 5.41) is 0.249. The highest BCUT2D eigenvalue weighted by Crippen LogP contribution is 2.37. The maximum atomic E-state index is 12.2. The Morgan fingerprint density at radius 2 is 2.27 bits per heavy atom. The molecule has 0 radical (unpaired) electrons. The van der Waals surface area contributed by atoms with E-state index in [9.17, 15) is 4.79 Å². The van der Waals surface area contributed by atoms with Crippen molar-refractivity contribution in [1.82, 2.24) is 4.90 Å². The number of hydrogen-bond donors (Lipinski definition) is 0. The van der Waals surface area contributed by atoms with Crippen LogP contribution in [0.3, 0.4) is 0 Å². The van der Waals surface area contributed by atoms with Crippen LogP contribution in [0, 0.1) is 5.41 Å². The Kier molecular flexibility index (Phi) is 3.36. The number of thioether (sulfide) groups is 1. The number of amides is 1.